The van der Waals surface area contributed by atoms with Gasteiger partial charge in [-0.1, -0.05) is 42.0 Å². The summed E-state index contributed by atoms with van der Waals surface area (Å²) in [7, 11) is -3.63. The van der Waals surface area contributed by atoms with Crippen LogP contribution in [0.1, 0.15) is 25.0 Å². The zero-order chi connectivity index (χ0) is 16.3. The summed E-state index contributed by atoms with van der Waals surface area (Å²) in [4.78, 5) is 0. The third-order valence-electron chi connectivity index (χ3n) is 3.43. The fourth-order valence-electron chi connectivity index (χ4n) is 2.20. The SMILES string of the molecule is Cc1cccc(CN(c2ccccc2F)S(=O)(=O)C(C)C)c1. The Bertz CT molecular complexity index is 757. The smallest absolute Gasteiger partial charge is 0.237 e. The minimum absolute atomic E-state index is 0.0812. The van der Waals surface area contributed by atoms with Crippen molar-refractivity contribution in [2.24, 2.45) is 0 Å². The van der Waals surface area contributed by atoms with Gasteiger partial charge in [-0.25, -0.2) is 12.8 Å². The van der Waals surface area contributed by atoms with Gasteiger partial charge in [0.1, 0.15) is 5.82 Å². The largest absolute Gasteiger partial charge is 0.263 e. The van der Waals surface area contributed by atoms with Gasteiger partial charge in [0.05, 0.1) is 17.5 Å². The van der Waals surface area contributed by atoms with Gasteiger partial charge in [0, 0.05) is 0 Å². The molecule has 0 amide bonds. The van der Waals surface area contributed by atoms with Crippen LogP contribution in [0.4, 0.5) is 10.1 Å². The Hall–Kier alpha value is -1.88. The van der Waals surface area contributed by atoms with Crippen LogP contribution in [-0.4, -0.2) is 13.7 Å². The molecular formula is C17H20FNO2S. The molecule has 0 atom stereocenters. The van der Waals surface area contributed by atoms with Crippen molar-refractivity contribution in [3.05, 3.63) is 65.5 Å². The molecule has 0 aliphatic rings. The van der Waals surface area contributed by atoms with Crippen molar-refractivity contribution >= 4 is 15.7 Å². The maximum absolute atomic E-state index is 14.1. The number of sulfonamides is 1. The van der Waals surface area contributed by atoms with Crippen molar-refractivity contribution < 1.29 is 12.8 Å². The van der Waals surface area contributed by atoms with Crippen LogP contribution < -0.4 is 4.31 Å². The molecule has 0 heterocycles. The zero-order valence-electron chi connectivity index (χ0n) is 13.0. The molecule has 0 N–H and O–H groups in total. The molecule has 0 saturated carbocycles. The molecule has 2 aromatic carbocycles. The number of hydrogen-bond donors (Lipinski definition) is 0. The number of hydrogen-bond acceptors (Lipinski definition) is 2. The molecule has 118 valence electrons. The second kappa shape index (κ2) is 6.48. The number of halogens is 1. The highest BCUT2D eigenvalue weighted by Gasteiger charge is 2.28. The highest BCUT2D eigenvalue weighted by Crippen LogP contribution is 2.26. The van der Waals surface area contributed by atoms with Crippen LogP contribution in [0.3, 0.4) is 0 Å². The molecule has 0 aliphatic heterocycles. The third-order valence-corrected chi connectivity index (χ3v) is 5.56. The minimum Gasteiger partial charge on any atom is -0.263 e. The van der Waals surface area contributed by atoms with Gasteiger partial charge >= 0.3 is 0 Å². The Morgan fingerprint density at radius 2 is 1.77 bits per heavy atom. The van der Waals surface area contributed by atoms with Crippen molar-refractivity contribution in [2.45, 2.75) is 32.6 Å². The van der Waals surface area contributed by atoms with Gasteiger partial charge in [-0.2, -0.15) is 0 Å². The lowest BCUT2D eigenvalue weighted by Gasteiger charge is -2.27. The number of para-hydroxylation sites is 1. The quantitative estimate of drug-likeness (QED) is 0.838. The molecule has 0 bridgehead atoms. The second-order valence-electron chi connectivity index (χ2n) is 5.54. The van der Waals surface area contributed by atoms with Crippen LogP contribution in [0.2, 0.25) is 0 Å². The van der Waals surface area contributed by atoms with E-state index in [-0.39, 0.29) is 12.2 Å². The van der Waals surface area contributed by atoms with Crippen molar-refractivity contribution in [1.82, 2.24) is 0 Å². The van der Waals surface area contributed by atoms with Crippen molar-refractivity contribution in [1.29, 1.82) is 0 Å². The van der Waals surface area contributed by atoms with E-state index in [1.54, 1.807) is 26.0 Å². The fraction of sp³-hybridized carbons (Fsp3) is 0.294. The molecule has 2 aromatic rings. The van der Waals surface area contributed by atoms with Crippen LogP contribution >= 0.6 is 0 Å². The lowest BCUT2D eigenvalue weighted by molar-refractivity contribution is 0.576. The summed E-state index contributed by atoms with van der Waals surface area (Å²) < 4.78 is 40.5. The standard InChI is InChI=1S/C17H20FNO2S/c1-13(2)22(20,21)19(17-10-5-4-9-16(17)18)12-15-8-6-7-14(3)11-15/h4-11,13H,12H2,1-3H3. The van der Waals surface area contributed by atoms with Gasteiger partial charge in [-0.3, -0.25) is 4.31 Å². The summed E-state index contributed by atoms with van der Waals surface area (Å²) in [6.07, 6.45) is 0. The molecular weight excluding hydrogens is 301 g/mol. The van der Waals surface area contributed by atoms with Gasteiger partial charge in [-0.05, 0) is 38.5 Å². The van der Waals surface area contributed by atoms with E-state index in [0.29, 0.717) is 0 Å². The van der Waals surface area contributed by atoms with Crippen LogP contribution in [0.5, 0.6) is 0 Å². The van der Waals surface area contributed by atoms with Crippen molar-refractivity contribution in [2.75, 3.05) is 4.31 Å². The van der Waals surface area contributed by atoms with E-state index in [1.165, 1.54) is 12.1 Å². The minimum atomic E-state index is -3.63. The maximum atomic E-state index is 14.1. The van der Waals surface area contributed by atoms with Crippen LogP contribution in [-0.2, 0) is 16.6 Å². The van der Waals surface area contributed by atoms with E-state index in [4.69, 9.17) is 0 Å². The summed E-state index contributed by atoms with van der Waals surface area (Å²) in [6.45, 7) is 5.25. The summed E-state index contributed by atoms with van der Waals surface area (Å²) in [5.74, 6) is -0.542. The highest BCUT2D eigenvalue weighted by atomic mass is 32.2. The number of anilines is 1. The van der Waals surface area contributed by atoms with Crippen molar-refractivity contribution in [3.8, 4) is 0 Å². The summed E-state index contributed by atoms with van der Waals surface area (Å²) in [5, 5.41) is -0.628. The first kappa shape index (κ1) is 16.5. The molecule has 0 saturated heterocycles. The Kier molecular flexibility index (Phi) is 4.86. The Morgan fingerprint density at radius 3 is 2.36 bits per heavy atom. The average Bonchev–Trinajstić information content (AvgIpc) is 2.45. The first-order chi connectivity index (χ1) is 10.3. The van der Waals surface area contributed by atoms with Gasteiger partial charge in [0.2, 0.25) is 10.0 Å². The summed E-state index contributed by atoms with van der Waals surface area (Å²) in [5.41, 5.74) is 1.94. The lowest BCUT2D eigenvalue weighted by atomic mass is 10.1. The van der Waals surface area contributed by atoms with E-state index in [9.17, 15) is 12.8 Å². The maximum Gasteiger partial charge on any atom is 0.237 e. The molecule has 0 spiro atoms. The predicted octanol–water partition coefficient (Wildman–Crippen LogP) is 3.88. The first-order valence-electron chi connectivity index (χ1n) is 7.14. The van der Waals surface area contributed by atoms with Crippen molar-refractivity contribution in [3.63, 3.8) is 0 Å². The molecule has 0 aliphatic carbocycles. The number of nitrogens with zero attached hydrogens (tertiary/aromatic N) is 1. The lowest BCUT2D eigenvalue weighted by Crippen LogP contribution is -2.36. The average molecular weight is 321 g/mol. The highest BCUT2D eigenvalue weighted by molar-refractivity contribution is 7.93. The Morgan fingerprint density at radius 1 is 1.09 bits per heavy atom. The van der Waals surface area contributed by atoms with Gasteiger partial charge in [-0.15, -0.1) is 0 Å². The first-order valence-corrected chi connectivity index (χ1v) is 8.64. The fourth-order valence-corrected chi connectivity index (χ4v) is 3.46. The topological polar surface area (TPSA) is 37.4 Å². The second-order valence-corrected chi connectivity index (χ2v) is 7.95. The number of rotatable bonds is 5. The van der Waals surface area contributed by atoms with E-state index >= 15 is 0 Å². The van der Waals surface area contributed by atoms with Crippen LogP contribution in [0, 0.1) is 12.7 Å². The third kappa shape index (κ3) is 3.47. The molecule has 0 fully saturated rings. The molecule has 5 heteroatoms. The van der Waals surface area contributed by atoms with Gasteiger partial charge in [0.15, 0.2) is 0 Å². The van der Waals surface area contributed by atoms with Crippen LogP contribution in [0.25, 0.3) is 0 Å². The normalized spacial score (nSPS) is 11.7. The monoisotopic (exact) mass is 321 g/mol. The van der Waals surface area contributed by atoms with E-state index < -0.39 is 21.1 Å². The molecule has 0 unspecified atom stereocenters. The van der Waals surface area contributed by atoms with Gasteiger partial charge < -0.3 is 0 Å². The van der Waals surface area contributed by atoms with Gasteiger partial charge in [0.25, 0.3) is 0 Å². The van der Waals surface area contributed by atoms with E-state index in [2.05, 4.69) is 0 Å². The molecule has 2 rings (SSSR count). The number of aryl methyl sites for hydroxylation is 1. The molecule has 22 heavy (non-hydrogen) atoms. The van der Waals surface area contributed by atoms with Crippen LogP contribution in [0.15, 0.2) is 48.5 Å². The molecule has 0 radical (unpaired) electrons. The number of benzene rings is 2. The predicted molar refractivity (Wildman–Crippen MR) is 87.8 cm³/mol. The zero-order valence-corrected chi connectivity index (χ0v) is 13.8. The summed E-state index contributed by atoms with van der Waals surface area (Å²) >= 11 is 0. The molecule has 3 nitrogen and oxygen atoms in total. The summed E-state index contributed by atoms with van der Waals surface area (Å²) in [6, 6.07) is 13.5. The molecule has 0 aromatic heterocycles. The Balaban J connectivity index is 2.50. The Labute approximate surface area is 131 Å². The van der Waals surface area contributed by atoms with E-state index in [0.717, 1.165) is 15.4 Å². The van der Waals surface area contributed by atoms with E-state index in [1.807, 2.05) is 31.2 Å².